The van der Waals surface area contributed by atoms with Crippen LogP contribution in [0.1, 0.15) is 32.3 Å². The molecule has 0 aliphatic heterocycles. The van der Waals surface area contributed by atoms with Crippen molar-refractivity contribution < 1.29 is 14.7 Å². The Morgan fingerprint density at radius 3 is 2.42 bits per heavy atom. The summed E-state index contributed by atoms with van der Waals surface area (Å²) >= 11 is 0. The van der Waals surface area contributed by atoms with Crippen molar-refractivity contribution in [1.82, 2.24) is 4.90 Å². The maximum Gasteiger partial charge on any atom is 0.323 e. The van der Waals surface area contributed by atoms with Gasteiger partial charge >= 0.3 is 5.97 Å². The fraction of sp³-hybridized carbons (Fsp3) is 0.467. The van der Waals surface area contributed by atoms with E-state index >= 15 is 0 Å². The van der Waals surface area contributed by atoms with Crippen molar-refractivity contribution in [3.8, 4) is 0 Å². The molecule has 104 valence electrons. The average Bonchev–Trinajstić information content (AvgIpc) is 2.42. The molecule has 0 bridgehead atoms. The smallest absolute Gasteiger partial charge is 0.323 e. The summed E-state index contributed by atoms with van der Waals surface area (Å²) in [5.41, 5.74) is 1.09. The number of hydrogen-bond donors (Lipinski definition) is 1. The van der Waals surface area contributed by atoms with E-state index in [1.807, 2.05) is 44.2 Å². The number of hydrogen-bond acceptors (Lipinski definition) is 2. The number of nitrogens with zero attached hydrogens (tertiary/aromatic N) is 1. The minimum Gasteiger partial charge on any atom is -0.480 e. The van der Waals surface area contributed by atoms with Crippen LogP contribution >= 0.6 is 0 Å². The molecule has 1 amide bonds. The normalized spacial score (nSPS) is 11.9. The number of amides is 1. The third-order valence-electron chi connectivity index (χ3n) is 3.22. The molecule has 4 nitrogen and oxygen atoms in total. The fourth-order valence-electron chi connectivity index (χ4n) is 1.90. The minimum atomic E-state index is -0.964. The van der Waals surface area contributed by atoms with E-state index in [1.54, 1.807) is 0 Å². The first-order chi connectivity index (χ1) is 9.04. The van der Waals surface area contributed by atoms with E-state index in [9.17, 15) is 9.59 Å². The molecule has 0 saturated heterocycles. The van der Waals surface area contributed by atoms with Crippen molar-refractivity contribution in [2.75, 3.05) is 6.54 Å². The first kappa shape index (κ1) is 15.2. The van der Waals surface area contributed by atoms with Gasteiger partial charge in [-0.15, -0.1) is 0 Å². The zero-order chi connectivity index (χ0) is 14.3. The highest BCUT2D eigenvalue weighted by Gasteiger charge is 2.20. The zero-order valence-electron chi connectivity index (χ0n) is 11.5. The van der Waals surface area contributed by atoms with Gasteiger partial charge in [-0.2, -0.15) is 0 Å². The predicted molar refractivity (Wildman–Crippen MR) is 73.9 cm³/mol. The van der Waals surface area contributed by atoms with Crippen LogP contribution in [-0.4, -0.2) is 34.5 Å². The van der Waals surface area contributed by atoms with E-state index in [0.717, 1.165) is 12.0 Å². The zero-order valence-corrected chi connectivity index (χ0v) is 11.5. The van der Waals surface area contributed by atoms with Gasteiger partial charge in [-0.3, -0.25) is 9.59 Å². The lowest BCUT2D eigenvalue weighted by Crippen LogP contribution is -2.41. The highest BCUT2D eigenvalue weighted by molar-refractivity contribution is 5.81. The number of carbonyl (C=O) groups excluding carboxylic acids is 1. The second kappa shape index (κ2) is 7.56. The SMILES string of the molecule is CCC(C)N(CC(=O)O)C(=O)CCc1ccccc1. The van der Waals surface area contributed by atoms with Crippen LogP contribution in [-0.2, 0) is 16.0 Å². The summed E-state index contributed by atoms with van der Waals surface area (Å²) in [5, 5.41) is 8.87. The van der Waals surface area contributed by atoms with Crippen molar-refractivity contribution in [1.29, 1.82) is 0 Å². The number of aliphatic carboxylic acids is 1. The molecule has 0 aliphatic rings. The molecule has 1 N–H and O–H groups in total. The molecule has 1 unspecified atom stereocenters. The van der Waals surface area contributed by atoms with Gasteiger partial charge in [-0.25, -0.2) is 0 Å². The summed E-state index contributed by atoms with van der Waals surface area (Å²) < 4.78 is 0. The topological polar surface area (TPSA) is 57.6 Å². The Morgan fingerprint density at radius 1 is 1.26 bits per heavy atom. The molecular weight excluding hydrogens is 242 g/mol. The quantitative estimate of drug-likeness (QED) is 0.821. The molecular formula is C15H21NO3. The number of carbonyl (C=O) groups is 2. The van der Waals surface area contributed by atoms with Crippen LogP contribution in [0.3, 0.4) is 0 Å². The lowest BCUT2D eigenvalue weighted by atomic mass is 10.1. The van der Waals surface area contributed by atoms with Gasteiger partial charge < -0.3 is 10.0 Å². The van der Waals surface area contributed by atoms with Gasteiger partial charge in [0.15, 0.2) is 0 Å². The molecule has 19 heavy (non-hydrogen) atoms. The number of benzene rings is 1. The van der Waals surface area contributed by atoms with E-state index in [2.05, 4.69) is 0 Å². The van der Waals surface area contributed by atoms with E-state index in [1.165, 1.54) is 4.90 Å². The van der Waals surface area contributed by atoms with Crippen molar-refractivity contribution in [2.24, 2.45) is 0 Å². The maximum absolute atomic E-state index is 12.1. The monoisotopic (exact) mass is 263 g/mol. The molecule has 0 radical (unpaired) electrons. The Morgan fingerprint density at radius 2 is 1.89 bits per heavy atom. The molecule has 1 atom stereocenters. The summed E-state index contributed by atoms with van der Waals surface area (Å²) in [6.45, 7) is 3.61. The molecule has 0 aliphatic carbocycles. The van der Waals surface area contributed by atoms with Gasteiger partial charge in [-0.1, -0.05) is 37.3 Å². The lowest BCUT2D eigenvalue weighted by Gasteiger charge is -2.27. The third kappa shape index (κ3) is 5.12. The van der Waals surface area contributed by atoms with Gasteiger partial charge in [0, 0.05) is 12.5 Å². The Bertz CT molecular complexity index is 417. The average molecular weight is 263 g/mol. The minimum absolute atomic E-state index is 0.0422. The molecule has 1 aromatic rings. The number of rotatable bonds is 7. The first-order valence-electron chi connectivity index (χ1n) is 6.59. The van der Waals surface area contributed by atoms with Gasteiger partial charge in [0.05, 0.1) is 0 Å². The molecule has 0 fully saturated rings. The van der Waals surface area contributed by atoms with Crippen molar-refractivity contribution in [2.45, 2.75) is 39.2 Å². The van der Waals surface area contributed by atoms with Gasteiger partial charge in [0.2, 0.25) is 5.91 Å². The molecule has 1 aromatic carbocycles. The van der Waals surface area contributed by atoms with Crippen LogP contribution in [0.4, 0.5) is 0 Å². The van der Waals surface area contributed by atoms with Gasteiger partial charge in [0.1, 0.15) is 6.54 Å². The lowest BCUT2D eigenvalue weighted by molar-refractivity contribution is -0.146. The summed E-state index contributed by atoms with van der Waals surface area (Å²) in [5.74, 6) is -1.06. The summed E-state index contributed by atoms with van der Waals surface area (Å²) in [6.07, 6.45) is 1.75. The molecule has 1 rings (SSSR count). The summed E-state index contributed by atoms with van der Waals surface area (Å²) in [7, 11) is 0. The van der Waals surface area contributed by atoms with E-state index in [-0.39, 0.29) is 18.5 Å². The summed E-state index contributed by atoms with van der Waals surface area (Å²) in [6, 6.07) is 9.70. The number of carboxylic acid groups (broad SMARTS) is 1. The van der Waals surface area contributed by atoms with Crippen LogP contribution in [0.2, 0.25) is 0 Å². The van der Waals surface area contributed by atoms with Crippen molar-refractivity contribution in [3.63, 3.8) is 0 Å². The highest BCUT2D eigenvalue weighted by Crippen LogP contribution is 2.09. The van der Waals surface area contributed by atoms with E-state index < -0.39 is 5.97 Å². The maximum atomic E-state index is 12.1. The van der Waals surface area contributed by atoms with Gasteiger partial charge in [0.25, 0.3) is 0 Å². The van der Waals surface area contributed by atoms with Crippen LogP contribution in [0.25, 0.3) is 0 Å². The second-order valence-electron chi connectivity index (χ2n) is 4.66. The van der Waals surface area contributed by atoms with Crippen molar-refractivity contribution in [3.05, 3.63) is 35.9 Å². The molecule has 0 heterocycles. The molecule has 4 heteroatoms. The Balaban J connectivity index is 2.59. The molecule has 0 saturated carbocycles. The highest BCUT2D eigenvalue weighted by atomic mass is 16.4. The van der Waals surface area contributed by atoms with Crippen LogP contribution in [0.5, 0.6) is 0 Å². The molecule has 0 aromatic heterocycles. The van der Waals surface area contributed by atoms with Gasteiger partial charge in [-0.05, 0) is 25.3 Å². The summed E-state index contributed by atoms with van der Waals surface area (Å²) in [4.78, 5) is 24.4. The largest absolute Gasteiger partial charge is 0.480 e. The molecule has 0 spiro atoms. The van der Waals surface area contributed by atoms with Crippen LogP contribution in [0.15, 0.2) is 30.3 Å². The standard InChI is InChI=1S/C15H21NO3/c1-3-12(2)16(11-15(18)19)14(17)10-9-13-7-5-4-6-8-13/h4-8,12H,3,9-11H2,1-2H3,(H,18,19). The predicted octanol–water partition coefficient (Wildman–Crippen LogP) is 2.33. The Kier molecular flexibility index (Phi) is 6.06. The second-order valence-corrected chi connectivity index (χ2v) is 4.66. The van der Waals surface area contributed by atoms with E-state index in [4.69, 9.17) is 5.11 Å². The Labute approximate surface area is 114 Å². The number of carboxylic acids is 1. The fourth-order valence-corrected chi connectivity index (χ4v) is 1.90. The van der Waals surface area contributed by atoms with E-state index in [0.29, 0.717) is 12.8 Å². The van der Waals surface area contributed by atoms with Crippen molar-refractivity contribution >= 4 is 11.9 Å². The van der Waals surface area contributed by atoms with Crippen LogP contribution in [0, 0.1) is 0 Å². The first-order valence-corrected chi connectivity index (χ1v) is 6.59. The number of aryl methyl sites for hydroxylation is 1. The third-order valence-corrected chi connectivity index (χ3v) is 3.22. The Hall–Kier alpha value is -1.84. The van der Waals surface area contributed by atoms with Crippen LogP contribution < -0.4 is 0 Å².